The van der Waals surface area contributed by atoms with Gasteiger partial charge >= 0.3 is 0 Å². The zero-order valence-corrected chi connectivity index (χ0v) is 34.9. The number of carbonyl (C=O) groups is 1. The van der Waals surface area contributed by atoms with Gasteiger partial charge in [-0.25, -0.2) is 13.1 Å². The van der Waals surface area contributed by atoms with Gasteiger partial charge in [0.25, 0.3) is 15.9 Å². The van der Waals surface area contributed by atoms with Crippen molar-refractivity contribution in [2.24, 2.45) is 0 Å². The van der Waals surface area contributed by atoms with Gasteiger partial charge in [0.05, 0.1) is 4.90 Å². The number of sulfonamides is 1. The van der Waals surface area contributed by atoms with Gasteiger partial charge in [-0.05, 0) is 111 Å². The summed E-state index contributed by atoms with van der Waals surface area (Å²) < 4.78 is 29.5. The van der Waals surface area contributed by atoms with Gasteiger partial charge in [0.2, 0.25) is 5.69 Å². The van der Waals surface area contributed by atoms with Crippen molar-refractivity contribution >= 4 is 63.1 Å². The number of anilines is 2. The number of nitrogens with zero attached hydrogens (tertiary/aromatic N) is 4. The first-order chi connectivity index (χ1) is 27.3. The van der Waals surface area contributed by atoms with Crippen LogP contribution in [0, 0.1) is 12.1 Å². The van der Waals surface area contributed by atoms with Crippen LogP contribution in [0.3, 0.4) is 0 Å². The molecule has 0 aliphatic carbocycles. The molecule has 13 heteroatoms. The Balaban J connectivity index is 1.06. The highest BCUT2D eigenvalue weighted by molar-refractivity contribution is 7.99. The highest BCUT2D eigenvalue weighted by Crippen LogP contribution is 2.31. The molecule has 0 radical (unpaired) electrons. The average Bonchev–Trinajstić information content (AvgIpc) is 3.20. The molecule has 0 spiro atoms. The molecule has 0 saturated carbocycles. The Bertz CT molecular complexity index is 2270. The second kappa shape index (κ2) is 19.1. The Morgan fingerprint density at radius 3 is 2.30 bits per heavy atom. The maximum Gasteiger partial charge on any atom is 0.264 e. The molecule has 5 aromatic rings. The number of halogens is 1. The summed E-state index contributed by atoms with van der Waals surface area (Å²) in [6, 6.07) is 35.7. The van der Waals surface area contributed by atoms with Crippen LogP contribution in [0.5, 0.6) is 0 Å². The average molecular weight is 826 g/mol. The SMILES string of the molecule is C=[N+]([O-])c1cc(S(=O)(=O)NC(=O)c2ccc(N3CCN(Cc4ccc(C)cc4-c4ccc(Cl)cc4)CC3)cc2)ccc1N[C@H](CCN(C)C)CSc1ccccc1. The molecular weight excluding hydrogens is 776 g/mol. The van der Waals surface area contributed by atoms with Crippen LogP contribution in [0.1, 0.15) is 27.9 Å². The van der Waals surface area contributed by atoms with Crippen LogP contribution in [-0.4, -0.2) is 94.2 Å². The topological polar surface area (TPSA) is 111 Å². The van der Waals surface area contributed by atoms with Gasteiger partial charge in [-0.3, -0.25) is 9.69 Å². The number of thioether (sulfide) groups is 1. The molecule has 298 valence electrons. The summed E-state index contributed by atoms with van der Waals surface area (Å²) in [5.41, 5.74) is 6.49. The smallest absolute Gasteiger partial charge is 0.264 e. The maximum atomic E-state index is 13.4. The first-order valence-electron chi connectivity index (χ1n) is 18.9. The van der Waals surface area contributed by atoms with Crippen LogP contribution < -0.4 is 14.9 Å². The number of piperazine rings is 1. The predicted molar refractivity (Wildman–Crippen MR) is 235 cm³/mol. The molecule has 0 aromatic heterocycles. The van der Waals surface area contributed by atoms with Gasteiger partial charge in [0.15, 0.2) is 0 Å². The second-order valence-corrected chi connectivity index (χ2v) is 17.7. The van der Waals surface area contributed by atoms with Crippen LogP contribution in [0.4, 0.5) is 17.1 Å². The number of carbonyl (C=O) groups excluding carboxylic acids is 1. The van der Waals surface area contributed by atoms with Crippen molar-refractivity contribution in [3.05, 3.63) is 142 Å². The van der Waals surface area contributed by atoms with Crippen LogP contribution in [0.25, 0.3) is 11.1 Å². The van der Waals surface area contributed by atoms with E-state index in [-0.39, 0.29) is 22.2 Å². The lowest BCUT2D eigenvalue weighted by Crippen LogP contribution is -2.46. The van der Waals surface area contributed by atoms with Gasteiger partial charge in [-0.1, -0.05) is 65.7 Å². The molecular formula is C44H49ClN6O4S2. The van der Waals surface area contributed by atoms with E-state index in [1.54, 1.807) is 30.0 Å². The monoisotopic (exact) mass is 824 g/mol. The Morgan fingerprint density at radius 1 is 0.930 bits per heavy atom. The van der Waals surface area contributed by atoms with E-state index < -0.39 is 15.9 Å². The third-order valence-corrected chi connectivity index (χ3v) is 12.7. The minimum absolute atomic E-state index is 0.0297. The zero-order valence-electron chi connectivity index (χ0n) is 32.5. The molecule has 1 atom stereocenters. The highest BCUT2D eigenvalue weighted by Gasteiger charge is 2.25. The van der Waals surface area contributed by atoms with Gasteiger partial charge in [0, 0.05) is 71.8 Å². The van der Waals surface area contributed by atoms with Gasteiger partial charge in [0.1, 0.15) is 12.4 Å². The van der Waals surface area contributed by atoms with Crippen molar-refractivity contribution in [2.75, 3.05) is 62.8 Å². The highest BCUT2D eigenvalue weighted by atomic mass is 35.5. The summed E-state index contributed by atoms with van der Waals surface area (Å²) in [5, 5.41) is 16.8. The number of benzene rings is 5. The standard InChI is InChI=1S/C44H49ClN6O4S2/c1-32-10-11-35(41(28-32)33-12-16-36(45)17-13-33)30-50-24-26-51(27-25-50)38-18-14-34(15-19-38)44(52)47-57(54,55)40-20-21-42(43(29-40)49(4)53)46-37(22-23-48(2)3)31-56-39-8-6-5-7-9-39/h5-21,28-29,37,46H,4,22-27,30-31H2,1-3H3,(H,47,52)/t37-/m1/s1. The van der Waals surface area contributed by atoms with Gasteiger partial charge in [-0.15, -0.1) is 11.8 Å². The zero-order chi connectivity index (χ0) is 40.5. The molecule has 6 rings (SSSR count). The molecule has 1 aliphatic rings. The van der Waals surface area contributed by atoms with Crippen LogP contribution in [-0.2, 0) is 16.6 Å². The number of rotatable bonds is 16. The summed E-state index contributed by atoms with van der Waals surface area (Å²) in [4.78, 5) is 20.9. The molecule has 5 aromatic carbocycles. The Kier molecular flexibility index (Phi) is 14.0. The van der Waals surface area contributed by atoms with Crippen molar-refractivity contribution < 1.29 is 18.0 Å². The van der Waals surface area contributed by atoms with Gasteiger partial charge < -0.3 is 20.3 Å². The fourth-order valence-corrected chi connectivity index (χ4v) is 8.86. The third kappa shape index (κ3) is 11.4. The molecule has 0 bridgehead atoms. The fourth-order valence-electron chi connectivity index (χ4n) is 6.75. The first kappa shape index (κ1) is 41.8. The number of aryl methyl sites for hydroxylation is 1. The lowest BCUT2D eigenvalue weighted by atomic mass is 9.97. The lowest BCUT2D eigenvalue weighted by Gasteiger charge is -2.36. The Morgan fingerprint density at radius 2 is 1.63 bits per heavy atom. The Hall–Kier alpha value is -4.85. The minimum atomic E-state index is -4.32. The van der Waals surface area contributed by atoms with E-state index in [1.807, 2.05) is 68.7 Å². The lowest BCUT2D eigenvalue weighted by molar-refractivity contribution is -0.349. The molecule has 1 fully saturated rings. The van der Waals surface area contributed by atoms with E-state index in [4.69, 9.17) is 11.6 Å². The molecule has 0 unspecified atom stereocenters. The molecule has 10 nitrogen and oxygen atoms in total. The summed E-state index contributed by atoms with van der Waals surface area (Å²) >= 11 is 7.85. The van der Waals surface area contributed by atoms with Crippen molar-refractivity contribution in [1.29, 1.82) is 0 Å². The fraction of sp³-hybridized carbons (Fsp3) is 0.273. The summed E-state index contributed by atoms with van der Waals surface area (Å²) in [5.74, 6) is -0.0426. The van der Waals surface area contributed by atoms with Crippen LogP contribution in [0.15, 0.2) is 125 Å². The normalized spacial score (nSPS) is 14.0. The summed E-state index contributed by atoms with van der Waals surface area (Å²) in [6.45, 7) is 10.6. The maximum absolute atomic E-state index is 13.4. The van der Waals surface area contributed by atoms with Crippen LogP contribution in [0.2, 0.25) is 5.02 Å². The largest absolute Gasteiger partial charge is 0.619 e. The molecule has 1 heterocycles. The molecule has 1 amide bonds. The Labute approximate surface area is 345 Å². The first-order valence-corrected chi connectivity index (χ1v) is 21.7. The molecule has 57 heavy (non-hydrogen) atoms. The summed E-state index contributed by atoms with van der Waals surface area (Å²) in [7, 11) is -0.319. The quantitative estimate of drug-likeness (QED) is 0.0335. The van der Waals surface area contributed by atoms with Crippen molar-refractivity contribution in [3.63, 3.8) is 0 Å². The second-order valence-electron chi connectivity index (χ2n) is 14.5. The van der Waals surface area contributed by atoms with E-state index in [9.17, 15) is 18.4 Å². The molecule has 1 saturated heterocycles. The van der Waals surface area contributed by atoms with E-state index in [0.717, 1.165) is 67.6 Å². The van der Waals surface area contributed by atoms with Crippen molar-refractivity contribution in [1.82, 2.24) is 14.5 Å². The molecule has 1 aliphatic heterocycles. The number of hydrogen-bond donors (Lipinski definition) is 2. The van der Waals surface area contributed by atoms with Crippen molar-refractivity contribution in [3.8, 4) is 11.1 Å². The number of amides is 1. The van der Waals surface area contributed by atoms with Crippen molar-refractivity contribution in [2.45, 2.75) is 35.7 Å². The summed E-state index contributed by atoms with van der Waals surface area (Å²) in [6.07, 6.45) is 0.786. The van der Waals surface area contributed by atoms with E-state index in [2.05, 4.69) is 68.7 Å². The van der Waals surface area contributed by atoms with E-state index in [1.165, 1.54) is 28.8 Å². The predicted octanol–water partition coefficient (Wildman–Crippen LogP) is 8.12. The van der Waals surface area contributed by atoms with Gasteiger partial charge in [-0.2, -0.15) is 4.74 Å². The third-order valence-electron chi connectivity index (χ3n) is 9.94. The molecule has 2 N–H and O–H groups in total. The van der Waals surface area contributed by atoms with Crippen LogP contribution >= 0.6 is 23.4 Å². The number of hydrogen-bond acceptors (Lipinski definition) is 9. The van der Waals surface area contributed by atoms with E-state index >= 15 is 0 Å². The number of nitrogens with one attached hydrogen (secondary N) is 2. The van der Waals surface area contributed by atoms with E-state index in [0.29, 0.717) is 15.4 Å². The minimum Gasteiger partial charge on any atom is -0.619 e.